The normalized spacial score (nSPS) is 10.2. The second-order valence-electron chi connectivity index (χ2n) is 6.53. The number of rotatable bonds is 5. The molecular weight excluding hydrogens is 352 g/mol. The molecule has 5 nitrogen and oxygen atoms in total. The molecule has 5 heteroatoms. The van der Waals surface area contributed by atoms with Crippen LogP contribution in [0.25, 0.3) is 0 Å². The van der Waals surface area contributed by atoms with E-state index in [-0.39, 0.29) is 11.8 Å². The first kappa shape index (κ1) is 19.2. The number of hydrogen-bond acceptors (Lipinski definition) is 3. The number of nitrogens with one attached hydrogen (secondary N) is 2. The lowest BCUT2D eigenvalue weighted by Gasteiger charge is -2.10. The Bertz CT molecular complexity index is 993. The fourth-order valence-electron chi connectivity index (χ4n) is 2.80. The maximum absolute atomic E-state index is 12.5. The van der Waals surface area contributed by atoms with Gasteiger partial charge in [-0.15, -0.1) is 0 Å². The van der Waals surface area contributed by atoms with Crippen LogP contribution in [-0.4, -0.2) is 18.9 Å². The zero-order chi connectivity index (χ0) is 20.1. The highest BCUT2D eigenvalue weighted by Crippen LogP contribution is 2.18. The number of carbonyl (C=O) groups is 2. The summed E-state index contributed by atoms with van der Waals surface area (Å²) in [5, 5.41) is 5.72. The first-order valence-electron chi connectivity index (χ1n) is 8.90. The topological polar surface area (TPSA) is 67.4 Å². The molecule has 0 aliphatic rings. The van der Waals surface area contributed by atoms with Crippen molar-refractivity contribution < 1.29 is 14.3 Å². The number of carbonyl (C=O) groups excluding carboxylic acids is 2. The van der Waals surface area contributed by atoms with E-state index in [0.29, 0.717) is 16.8 Å². The summed E-state index contributed by atoms with van der Waals surface area (Å²) in [7, 11) is 1.59. The van der Waals surface area contributed by atoms with Crippen LogP contribution in [0.4, 0.5) is 11.4 Å². The highest BCUT2D eigenvalue weighted by molar-refractivity contribution is 6.07. The van der Waals surface area contributed by atoms with Crippen LogP contribution < -0.4 is 15.4 Å². The SMILES string of the molecule is COc1ccc(NC(=O)c2ccc(C(=O)Nc3ccc(C)cc3C)cc2)cc1. The third-order valence-corrected chi connectivity index (χ3v) is 4.39. The van der Waals surface area contributed by atoms with E-state index in [9.17, 15) is 9.59 Å². The highest BCUT2D eigenvalue weighted by Gasteiger charge is 2.11. The molecule has 2 amide bonds. The van der Waals surface area contributed by atoms with Crippen molar-refractivity contribution in [1.29, 1.82) is 0 Å². The van der Waals surface area contributed by atoms with Gasteiger partial charge >= 0.3 is 0 Å². The lowest BCUT2D eigenvalue weighted by Crippen LogP contribution is -2.14. The van der Waals surface area contributed by atoms with Gasteiger partial charge in [0.05, 0.1) is 7.11 Å². The van der Waals surface area contributed by atoms with Crippen LogP contribution in [0.5, 0.6) is 5.75 Å². The average molecular weight is 374 g/mol. The number of anilines is 2. The molecular formula is C23H22N2O3. The largest absolute Gasteiger partial charge is 0.497 e. The summed E-state index contributed by atoms with van der Waals surface area (Å²) in [4.78, 5) is 24.8. The van der Waals surface area contributed by atoms with Crippen LogP contribution in [0.15, 0.2) is 66.7 Å². The molecule has 28 heavy (non-hydrogen) atoms. The summed E-state index contributed by atoms with van der Waals surface area (Å²) >= 11 is 0. The number of benzene rings is 3. The molecule has 3 rings (SSSR count). The summed E-state index contributed by atoms with van der Waals surface area (Å²) in [5.41, 5.74) is 4.55. The second-order valence-corrected chi connectivity index (χ2v) is 6.53. The Morgan fingerprint density at radius 3 is 1.86 bits per heavy atom. The fourth-order valence-corrected chi connectivity index (χ4v) is 2.80. The number of amides is 2. The number of methoxy groups -OCH3 is 1. The molecule has 0 bridgehead atoms. The molecule has 0 aliphatic heterocycles. The first-order valence-corrected chi connectivity index (χ1v) is 8.90. The molecule has 0 saturated heterocycles. The van der Waals surface area contributed by atoms with E-state index < -0.39 is 0 Å². The summed E-state index contributed by atoms with van der Waals surface area (Å²) in [6, 6.07) is 19.5. The van der Waals surface area contributed by atoms with Gasteiger partial charge in [-0.05, 0) is 74.0 Å². The van der Waals surface area contributed by atoms with Gasteiger partial charge in [0.2, 0.25) is 0 Å². The molecule has 0 radical (unpaired) electrons. The van der Waals surface area contributed by atoms with E-state index in [1.807, 2.05) is 32.0 Å². The zero-order valence-electron chi connectivity index (χ0n) is 16.1. The quantitative estimate of drug-likeness (QED) is 0.673. The monoisotopic (exact) mass is 374 g/mol. The zero-order valence-corrected chi connectivity index (χ0v) is 16.1. The van der Waals surface area contributed by atoms with Gasteiger partial charge in [0, 0.05) is 22.5 Å². The standard InChI is InChI=1S/C23H22N2O3/c1-15-4-13-21(16(2)14-15)25-23(27)18-7-5-17(6-8-18)22(26)24-19-9-11-20(28-3)12-10-19/h4-14H,1-3H3,(H,24,26)(H,25,27). The van der Waals surface area contributed by atoms with Gasteiger partial charge in [-0.1, -0.05) is 17.7 Å². The number of hydrogen-bond donors (Lipinski definition) is 2. The van der Waals surface area contributed by atoms with Crippen molar-refractivity contribution in [2.75, 3.05) is 17.7 Å². The molecule has 0 saturated carbocycles. The molecule has 3 aromatic carbocycles. The Hall–Kier alpha value is -3.60. The van der Waals surface area contributed by atoms with Crippen molar-refractivity contribution in [3.05, 3.63) is 89.0 Å². The minimum atomic E-state index is -0.244. The average Bonchev–Trinajstić information content (AvgIpc) is 2.70. The van der Waals surface area contributed by atoms with Crippen LogP contribution in [0.1, 0.15) is 31.8 Å². The van der Waals surface area contributed by atoms with Gasteiger partial charge in [0.15, 0.2) is 0 Å². The van der Waals surface area contributed by atoms with Crippen LogP contribution in [0.2, 0.25) is 0 Å². The van der Waals surface area contributed by atoms with Gasteiger partial charge in [0.1, 0.15) is 5.75 Å². The van der Waals surface area contributed by atoms with Crippen LogP contribution >= 0.6 is 0 Å². The molecule has 142 valence electrons. The maximum Gasteiger partial charge on any atom is 0.255 e. The van der Waals surface area contributed by atoms with Gasteiger partial charge in [-0.3, -0.25) is 9.59 Å². The smallest absolute Gasteiger partial charge is 0.255 e. The molecule has 0 heterocycles. The Balaban J connectivity index is 1.66. The third kappa shape index (κ3) is 4.57. The van der Waals surface area contributed by atoms with Crippen LogP contribution in [-0.2, 0) is 0 Å². The van der Waals surface area contributed by atoms with Gasteiger partial charge in [-0.2, -0.15) is 0 Å². The molecule has 0 unspecified atom stereocenters. The molecule has 0 fully saturated rings. The highest BCUT2D eigenvalue weighted by atomic mass is 16.5. The third-order valence-electron chi connectivity index (χ3n) is 4.39. The van der Waals surface area contributed by atoms with Gasteiger partial charge in [0.25, 0.3) is 11.8 Å². The Kier molecular flexibility index (Phi) is 5.75. The van der Waals surface area contributed by atoms with Crippen LogP contribution in [0.3, 0.4) is 0 Å². The predicted molar refractivity (Wildman–Crippen MR) is 111 cm³/mol. The minimum Gasteiger partial charge on any atom is -0.497 e. The van der Waals surface area contributed by atoms with Crippen molar-refractivity contribution in [2.24, 2.45) is 0 Å². The minimum absolute atomic E-state index is 0.214. The van der Waals surface area contributed by atoms with Crippen molar-refractivity contribution in [1.82, 2.24) is 0 Å². The number of aryl methyl sites for hydroxylation is 2. The molecule has 2 N–H and O–H groups in total. The van der Waals surface area contributed by atoms with E-state index in [0.717, 1.165) is 22.6 Å². The van der Waals surface area contributed by atoms with Crippen molar-refractivity contribution >= 4 is 23.2 Å². The molecule has 0 aliphatic carbocycles. The summed E-state index contributed by atoms with van der Waals surface area (Å²) in [6.07, 6.45) is 0. The fraction of sp³-hybridized carbons (Fsp3) is 0.130. The van der Waals surface area contributed by atoms with Gasteiger partial charge < -0.3 is 15.4 Å². The Morgan fingerprint density at radius 2 is 1.32 bits per heavy atom. The number of ether oxygens (including phenoxy) is 1. The van der Waals surface area contributed by atoms with E-state index in [1.54, 1.807) is 55.6 Å². The lowest BCUT2D eigenvalue weighted by atomic mass is 10.1. The molecule has 0 atom stereocenters. The Morgan fingerprint density at radius 1 is 0.750 bits per heavy atom. The van der Waals surface area contributed by atoms with Crippen molar-refractivity contribution in [2.45, 2.75) is 13.8 Å². The van der Waals surface area contributed by atoms with Crippen molar-refractivity contribution in [3.63, 3.8) is 0 Å². The molecule has 0 spiro atoms. The lowest BCUT2D eigenvalue weighted by molar-refractivity contribution is 0.101. The Labute approximate surface area is 164 Å². The van der Waals surface area contributed by atoms with E-state index in [4.69, 9.17) is 4.74 Å². The molecule has 0 aromatic heterocycles. The van der Waals surface area contributed by atoms with E-state index in [1.165, 1.54) is 0 Å². The van der Waals surface area contributed by atoms with Crippen LogP contribution in [0, 0.1) is 13.8 Å². The van der Waals surface area contributed by atoms with Gasteiger partial charge in [-0.25, -0.2) is 0 Å². The summed E-state index contributed by atoms with van der Waals surface area (Å²) in [5.74, 6) is 0.262. The summed E-state index contributed by atoms with van der Waals surface area (Å²) < 4.78 is 5.10. The van der Waals surface area contributed by atoms with Crippen molar-refractivity contribution in [3.8, 4) is 5.75 Å². The first-order chi connectivity index (χ1) is 13.5. The predicted octanol–water partition coefficient (Wildman–Crippen LogP) is 4.82. The second kappa shape index (κ2) is 8.39. The van der Waals surface area contributed by atoms with E-state index >= 15 is 0 Å². The maximum atomic E-state index is 12.5. The summed E-state index contributed by atoms with van der Waals surface area (Å²) in [6.45, 7) is 3.96. The van der Waals surface area contributed by atoms with E-state index in [2.05, 4.69) is 10.6 Å². The molecule has 3 aromatic rings.